The Labute approximate surface area is 99.5 Å². The molecule has 0 aliphatic heterocycles. The molecule has 3 heteroatoms. The van der Waals surface area contributed by atoms with Gasteiger partial charge in [0.15, 0.2) is 5.78 Å². The summed E-state index contributed by atoms with van der Waals surface area (Å²) in [5, 5.41) is 0.613. The summed E-state index contributed by atoms with van der Waals surface area (Å²) in [6.07, 6.45) is 1.80. The van der Waals surface area contributed by atoms with Gasteiger partial charge in [-0.2, -0.15) is 0 Å². The molecule has 0 aromatic heterocycles. The molecule has 0 spiro atoms. The zero-order valence-electron chi connectivity index (χ0n) is 8.57. The average molecular weight is 241 g/mol. The highest BCUT2D eigenvalue weighted by atomic mass is 35.5. The molecule has 1 unspecified atom stereocenters. The second-order valence-electron chi connectivity index (χ2n) is 3.14. The molecule has 0 bridgehead atoms. The first-order valence-electron chi connectivity index (χ1n) is 4.67. The first-order chi connectivity index (χ1) is 7.15. The number of ketones is 1. The lowest BCUT2D eigenvalue weighted by Gasteiger charge is -2.08. The van der Waals surface area contributed by atoms with E-state index in [9.17, 15) is 4.79 Å². The van der Waals surface area contributed by atoms with Gasteiger partial charge in [-0.3, -0.25) is 4.79 Å². The summed E-state index contributed by atoms with van der Waals surface area (Å²) in [7, 11) is 0. The van der Waals surface area contributed by atoms with E-state index >= 15 is 0 Å². The van der Waals surface area contributed by atoms with Crippen LogP contribution in [0.5, 0.6) is 0 Å². The fourth-order valence-electron chi connectivity index (χ4n) is 1.14. The van der Waals surface area contributed by atoms with Crippen LogP contribution >= 0.6 is 23.4 Å². The maximum absolute atomic E-state index is 11.9. The molecule has 0 fully saturated rings. The summed E-state index contributed by atoms with van der Waals surface area (Å²) in [4.78, 5) is 11.9. The largest absolute Gasteiger partial charge is 0.293 e. The number of hydrogen-bond acceptors (Lipinski definition) is 2. The van der Waals surface area contributed by atoms with Crippen molar-refractivity contribution in [2.75, 3.05) is 5.75 Å². The highest BCUT2D eigenvalue weighted by Gasteiger charge is 2.14. The zero-order chi connectivity index (χ0) is 11.3. The molecule has 80 valence electrons. The van der Waals surface area contributed by atoms with Crippen molar-refractivity contribution in [1.29, 1.82) is 0 Å². The summed E-state index contributed by atoms with van der Waals surface area (Å²) < 4.78 is 0. The molecule has 0 aliphatic rings. The van der Waals surface area contributed by atoms with E-state index in [1.165, 1.54) is 0 Å². The number of thioether (sulfide) groups is 1. The van der Waals surface area contributed by atoms with Crippen LogP contribution in [0.3, 0.4) is 0 Å². The Morgan fingerprint density at radius 3 is 2.67 bits per heavy atom. The predicted octanol–water partition coefficient (Wildman–Crippen LogP) is 3.83. The molecule has 1 rings (SSSR count). The maximum atomic E-state index is 11.9. The Morgan fingerprint density at radius 2 is 2.13 bits per heavy atom. The van der Waals surface area contributed by atoms with Gasteiger partial charge in [0, 0.05) is 16.3 Å². The van der Waals surface area contributed by atoms with Crippen LogP contribution in [0.4, 0.5) is 0 Å². The van der Waals surface area contributed by atoms with Crippen molar-refractivity contribution in [1.82, 2.24) is 0 Å². The number of carbonyl (C=O) groups is 1. The van der Waals surface area contributed by atoms with Gasteiger partial charge in [0.2, 0.25) is 0 Å². The summed E-state index contributed by atoms with van der Waals surface area (Å²) >= 11 is 7.33. The highest BCUT2D eigenvalue weighted by molar-refractivity contribution is 8.00. The van der Waals surface area contributed by atoms with E-state index in [2.05, 4.69) is 6.58 Å². The van der Waals surface area contributed by atoms with Crippen LogP contribution in [0.25, 0.3) is 0 Å². The Kier molecular flexibility index (Phi) is 4.92. The molecule has 0 heterocycles. The predicted molar refractivity (Wildman–Crippen MR) is 67.9 cm³/mol. The van der Waals surface area contributed by atoms with E-state index in [1.807, 2.05) is 6.92 Å². The number of hydrogen-bond donors (Lipinski definition) is 0. The normalized spacial score (nSPS) is 12.1. The Morgan fingerprint density at radius 1 is 1.53 bits per heavy atom. The lowest BCUT2D eigenvalue weighted by atomic mass is 10.1. The molecule has 0 amide bonds. The van der Waals surface area contributed by atoms with Gasteiger partial charge in [0.25, 0.3) is 0 Å². The minimum Gasteiger partial charge on any atom is -0.293 e. The van der Waals surface area contributed by atoms with Gasteiger partial charge in [-0.05, 0) is 31.2 Å². The van der Waals surface area contributed by atoms with Crippen molar-refractivity contribution in [2.24, 2.45) is 0 Å². The average Bonchev–Trinajstić information content (AvgIpc) is 2.26. The summed E-state index contributed by atoms with van der Waals surface area (Å²) in [6, 6.07) is 6.99. The fourth-order valence-corrected chi connectivity index (χ4v) is 1.98. The molecular weight excluding hydrogens is 228 g/mol. The van der Waals surface area contributed by atoms with Crippen molar-refractivity contribution in [3.8, 4) is 0 Å². The number of benzene rings is 1. The van der Waals surface area contributed by atoms with E-state index in [-0.39, 0.29) is 11.0 Å². The Balaban J connectivity index is 2.67. The molecule has 1 nitrogen and oxygen atoms in total. The first-order valence-corrected chi connectivity index (χ1v) is 6.10. The van der Waals surface area contributed by atoms with Gasteiger partial charge in [-0.15, -0.1) is 18.3 Å². The highest BCUT2D eigenvalue weighted by Crippen LogP contribution is 2.17. The minimum absolute atomic E-state index is 0.0378. The lowest BCUT2D eigenvalue weighted by molar-refractivity contribution is 0.0994. The molecule has 1 aromatic rings. The monoisotopic (exact) mass is 240 g/mol. The standard InChI is InChI=1S/C12H13ClOS/c1-3-8-15-9(2)12(14)10-4-6-11(13)7-5-10/h3-7,9H,1,8H2,2H3. The zero-order valence-corrected chi connectivity index (χ0v) is 10.1. The van der Waals surface area contributed by atoms with E-state index in [0.29, 0.717) is 10.6 Å². The quantitative estimate of drug-likeness (QED) is 0.575. The number of carbonyl (C=O) groups excluding carboxylic acids is 1. The molecular formula is C12H13ClOS. The van der Waals surface area contributed by atoms with Crippen LogP contribution in [-0.2, 0) is 0 Å². The molecule has 0 saturated carbocycles. The first kappa shape index (κ1) is 12.3. The molecule has 0 saturated heterocycles. The topological polar surface area (TPSA) is 17.1 Å². The second-order valence-corrected chi connectivity index (χ2v) is 4.95. The van der Waals surface area contributed by atoms with E-state index in [4.69, 9.17) is 11.6 Å². The smallest absolute Gasteiger partial charge is 0.175 e. The molecule has 0 radical (unpaired) electrons. The van der Waals surface area contributed by atoms with Crippen LogP contribution < -0.4 is 0 Å². The van der Waals surface area contributed by atoms with Crippen LogP contribution in [0.1, 0.15) is 17.3 Å². The SMILES string of the molecule is C=CCSC(C)C(=O)c1ccc(Cl)cc1. The summed E-state index contributed by atoms with van der Waals surface area (Å²) in [5.74, 6) is 0.930. The maximum Gasteiger partial charge on any atom is 0.175 e. The second kappa shape index (κ2) is 5.99. The van der Waals surface area contributed by atoms with Gasteiger partial charge in [0.1, 0.15) is 0 Å². The molecule has 0 N–H and O–H groups in total. The molecule has 1 aromatic carbocycles. The third-order valence-electron chi connectivity index (χ3n) is 1.96. The minimum atomic E-state index is -0.0378. The molecule has 15 heavy (non-hydrogen) atoms. The van der Waals surface area contributed by atoms with Crippen LogP contribution in [-0.4, -0.2) is 16.8 Å². The number of halogens is 1. The summed E-state index contributed by atoms with van der Waals surface area (Å²) in [5.41, 5.74) is 0.712. The van der Waals surface area contributed by atoms with Crippen LogP contribution in [0.2, 0.25) is 5.02 Å². The van der Waals surface area contributed by atoms with Crippen molar-refractivity contribution in [2.45, 2.75) is 12.2 Å². The van der Waals surface area contributed by atoms with E-state index in [0.717, 1.165) is 5.75 Å². The van der Waals surface area contributed by atoms with E-state index in [1.54, 1.807) is 42.1 Å². The summed E-state index contributed by atoms with van der Waals surface area (Å²) in [6.45, 7) is 5.53. The van der Waals surface area contributed by atoms with Gasteiger partial charge in [0.05, 0.1) is 5.25 Å². The van der Waals surface area contributed by atoms with Gasteiger partial charge < -0.3 is 0 Å². The van der Waals surface area contributed by atoms with Crippen LogP contribution in [0, 0.1) is 0 Å². The number of Topliss-reactive ketones (excluding diaryl/α,β-unsaturated/α-hetero) is 1. The third kappa shape index (κ3) is 3.73. The van der Waals surface area contributed by atoms with Gasteiger partial charge in [-0.25, -0.2) is 0 Å². The van der Waals surface area contributed by atoms with Gasteiger partial charge in [-0.1, -0.05) is 17.7 Å². The third-order valence-corrected chi connectivity index (χ3v) is 3.36. The van der Waals surface area contributed by atoms with Crippen molar-refractivity contribution in [3.05, 3.63) is 47.5 Å². The fraction of sp³-hybridized carbons (Fsp3) is 0.250. The van der Waals surface area contributed by atoms with Crippen molar-refractivity contribution < 1.29 is 4.79 Å². The number of rotatable bonds is 5. The Hall–Kier alpha value is -0.730. The Bertz CT molecular complexity index is 345. The lowest BCUT2D eigenvalue weighted by Crippen LogP contribution is -2.13. The molecule has 0 aliphatic carbocycles. The van der Waals surface area contributed by atoms with Gasteiger partial charge >= 0.3 is 0 Å². The van der Waals surface area contributed by atoms with Crippen LogP contribution in [0.15, 0.2) is 36.9 Å². The van der Waals surface area contributed by atoms with Crippen molar-refractivity contribution >= 4 is 29.1 Å². The van der Waals surface area contributed by atoms with E-state index < -0.39 is 0 Å². The molecule has 1 atom stereocenters. The van der Waals surface area contributed by atoms with Crippen molar-refractivity contribution in [3.63, 3.8) is 0 Å².